The van der Waals surface area contributed by atoms with Gasteiger partial charge in [-0.2, -0.15) is 0 Å². The highest BCUT2D eigenvalue weighted by Crippen LogP contribution is 2.36. The Labute approximate surface area is 109 Å². The largest absolute Gasteiger partial charge is 0.375 e. The number of nitrogen functional groups attached to an aromatic ring is 1. The van der Waals surface area contributed by atoms with E-state index in [1.165, 1.54) is 11.3 Å². The monoisotopic (exact) mass is 259 g/mol. The van der Waals surface area contributed by atoms with Crippen LogP contribution in [-0.4, -0.2) is 10.9 Å². The Kier molecular flexibility index (Phi) is 2.56. The molecular formula is C13H13N3OS. The highest BCUT2D eigenvalue weighted by molar-refractivity contribution is 7.15. The number of nitrogens with two attached hydrogens (primary N) is 1. The number of aromatic nitrogens is 1. The second-order valence-electron chi connectivity index (χ2n) is 4.34. The van der Waals surface area contributed by atoms with Crippen LogP contribution in [0.3, 0.4) is 0 Å². The van der Waals surface area contributed by atoms with Crippen LogP contribution in [0.5, 0.6) is 0 Å². The minimum atomic E-state index is 0.0779. The number of anilines is 2. The van der Waals surface area contributed by atoms with Crippen LogP contribution < -0.4 is 11.1 Å². The SMILES string of the molecule is Cc1sc(N)nc1-c1cccc2c1CCC(=O)N2. The lowest BCUT2D eigenvalue weighted by atomic mass is 9.95. The van der Waals surface area contributed by atoms with Gasteiger partial charge in [0.2, 0.25) is 5.91 Å². The highest BCUT2D eigenvalue weighted by atomic mass is 32.1. The fourth-order valence-corrected chi connectivity index (χ4v) is 3.02. The maximum Gasteiger partial charge on any atom is 0.224 e. The minimum absolute atomic E-state index is 0.0779. The number of hydrogen-bond donors (Lipinski definition) is 2. The maximum atomic E-state index is 11.4. The van der Waals surface area contributed by atoms with Crippen molar-refractivity contribution in [3.8, 4) is 11.3 Å². The Morgan fingerprint density at radius 1 is 1.39 bits per heavy atom. The second kappa shape index (κ2) is 4.10. The Morgan fingerprint density at radius 2 is 2.22 bits per heavy atom. The summed E-state index contributed by atoms with van der Waals surface area (Å²) < 4.78 is 0. The van der Waals surface area contributed by atoms with Crippen molar-refractivity contribution in [1.29, 1.82) is 0 Å². The fraction of sp³-hybridized carbons (Fsp3) is 0.231. The average molecular weight is 259 g/mol. The number of rotatable bonds is 1. The van der Waals surface area contributed by atoms with Crippen molar-refractivity contribution >= 4 is 28.1 Å². The van der Waals surface area contributed by atoms with Gasteiger partial charge in [0.15, 0.2) is 5.13 Å². The van der Waals surface area contributed by atoms with E-state index in [4.69, 9.17) is 5.73 Å². The highest BCUT2D eigenvalue weighted by Gasteiger charge is 2.20. The first kappa shape index (κ1) is 11.2. The molecular weight excluding hydrogens is 246 g/mol. The van der Waals surface area contributed by atoms with Gasteiger partial charge in [-0.25, -0.2) is 4.98 Å². The first-order chi connectivity index (χ1) is 8.65. The van der Waals surface area contributed by atoms with Crippen LogP contribution in [0.4, 0.5) is 10.8 Å². The summed E-state index contributed by atoms with van der Waals surface area (Å²) in [5.41, 5.74) is 9.83. The topological polar surface area (TPSA) is 68.0 Å². The number of carbonyl (C=O) groups is 1. The zero-order valence-corrected chi connectivity index (χ0v) is 10.8. The zero-order chi connectivity index (χ0) is 12.7. The van der Waals surface area contributed by atoms with E-state index in [0.717, 1.165) is 33.8 Å². The van der Waals surface area contributed by atoms with Gasteiger partial charge in [-0.15, -0.1) is 11.3 Å². The summed E-state index contributed by atoms with van der Waals surface area (Å²) >= 11 is 1.49. The molecule has 1 aliphatic rings. The molecule has 0 unspecified atom stereocenters. The first-order valence-electron chi connectivity index (χ1n) is 5.80. The van der Waals surface area contributed by atoms with Gasteiger partial charge in [0.1, 0.15) is 0 Å². The number of nitrogens with one attached hydrogen (secondary N) is 1. The van der Waals surface area contributed by atoms with Gasteiger partial charge < -0.3 is 11.1 Å². The summed E-state index contributed by atoms with van der Waals surface area (Å²) in [5, 5.41) is 3.49. The van der Waals surface area contributed by atoms with E-state index in [0.29, 0.717) is 11.6 Å². The molecule has 5 heteroatoms. The van der Waals surface area contributed by atoms with Crippen molar-refractivity contribution in [2.24, 2.45) is 0 Å². The Morgan fingerprint density at radius 3 is 2.94 bits per heavy atom. The molecule has 1 aromatic heterocycles. The molecule has 0 atom stereocenters. The summed E-state index contributed by atoms with van der Waals surface area (Å²) in [6.45, 7) is 2.02. The third kappa shape index (κ3) is 1.76. The molecule has 0 saturated heterocycles. The van der Waals surface area contributed by atoms with Crippen molar-refractivity contribution in [2.45, 2.75) is 19.8 Å². The van der Waals surface area contributed by atoms with Crippen molar-refractivity contribution in [2.75, 3.05) is 11.1 Å². The molecule has 3 N–H and O–H groups in total. The molecule has 1 amide bonds. The van der Waals surface area contributed by atoms with E-state index in [-0.39, 0.29) is 5.91 Å². The van der Waals surface area contributed by atoms with Gasteiger partial charge in [-0.05, 0) is 25.0 Å². The van der Waals surface area contributed by atoms with Crippen molar-refractivity contribution < 1.29 is 4.79 Å². The van der Waals surface area contributed by atoms with Crippen LogP contribution in [0.1, 0.15) is 16.9 Å². The van der Waals surface area contributed by atoms with E-state index in [2.05, 4.69) is 10.3 Å². The van der Waals surface area contributed by atoms with E-state index >= 15 is 0 Å². The Balaban J connectivity index is 2.16. The molecule has 1 aliphatic heterocycles. The molecule has 92 valence electrons. The van der Waals surface area contributed by atoms with Crippen molar-refractivity contribution in [3.05, 3.63) is 28.6 Å². The molecule has 0 fully saturated rings. The van der Waals surface area contributed by atoms with E-state index < -0.39 is 0 Å². The van der Waals surface area contributed by atoms with Crippen molar-refractivity contribution in [3.63, 3.8) is 0 Å². The van der Waals surface area contributed by atoms with Gasteiger partial charge in [0, 0.05) is 22.5 Å². The Bertz CT molecular complexity index is 633. The first-order valence-corrected chi connectivity index (χ1v) is 6.62. The predicted octanol–water partition coefficient (Wildman–Crippen LogP) is 2.59. The van der Waals surface area contributed by atoms with Crippen molar-refractivity contribution in [1.82, 2.24) is 4.98 Å². The van der Waals surface area contributed by atoms with Gasteiger partial charge in [-0.3, -0.25) is 4.79 Å². The van der Waals surface area contributed by atoms with Gasteiger partial charge in [-0.1, -0.05) is 12.1 Å². The fourth-order valence-electron chi connectivity index (χ4n) is 2.31. The second-order valence-corrected chi connectivity index (χ2v) is 5.57. The van der Waals surface area contributed by atoms with E-state index in [1.807, 2.05) is 25.1 Å². The molecule has 3 rings (SSSR count). The van der Waals surface area contributed by atoms with Crippen LogP contribution >= 0.6 is 11.3 Å². The maximum absolute atomic E-state index is 11.4. The minimum Gasteiger partial charge on any atom is -0.375 e. The van der Waals surface area contributed by atoms with Crippen LogP contribution in [0.15, 0.2) is 18.2 Å². The molecule has 0 saturated carbocycles. The third-order valence-electron chi connectivity index (χ3n) is 3.12. The summed E-state index contributed by atoms with van der Waals surface area (Å²) in [7, 11) is 0. The van der Waals surface area contributed by atoms with Gasteiger partial charge in [0.05, 0.1) is 5.69 Å². The van der Waals surface area contributed by atoms with Crippen LogP contribution in [0, 0.1) is 6.92 Å². The van der Waals surface area contributed by atoms with Gasteiger partial charge in [0.25, 0.3) is 0 Å². The molecule has 0 spiro atoms. The lowest BCUT2D eigenvalue weighted by molar-refractivity contribution is -0.116. The number of hydrogen-bond acceptors (Lipinski definition) is 4. The number of fused-ring (bicyclic) bond motifs is 1. The van der Waals surface area contributed by atoms with E-state index in [9.17, 15) is 4.79 Å². The molecule has 4 nitrogen and oxygen atoms in total. The molecule has 0 bridgehead atoms. The summed E-state index contributed by atoms with van der Waals surface area (Å²) in [5.74, 6) is 0.0779. The summed E-state index contributed by atoms with van der Waals surface area (Å²) in [6, 6.07) is 5.91. The average Bonchev–Trinajstić information content (AvgIpc) is 2.67. The predicted molar refractivity (Wildman–Crippen MR) is 73.7 cm³/mol. The molecule has 18 heavy (non-hydrogen) atoms. The number of carbonyl (C=O) groups excluding carboxylic acids is 1. The summed E-state index contributed by atoms with van der Waals surface area (Å²) in [6.07, 6.45) is 1.29. The zero-order valence-electron chi connectivity index (χ0n) is 9.99. The number of aryl methyl sites for hydroxylation is 1. The number of thiazole rings is 1. The molecule has 2 heterocycles. The molecule has 2 aromatic rings. The van der Waals surface area contributed by atoms with Crippen LogP contribution in [0.25, 0.3) is 11.3 Å². The quantitative estimate of drug-likeness (QED) is 0.827. The number of amides is 1. The smallest absolute Gasteiger partial charge is 0.224 e. The lowest BCUT2D eigenvalue weighted by Crippen LogP contribution is -2.19. The lowest BCUT2D eigenvalue weighted by Gasteiger charge is -2.19. The third-order valence-corrected chi connectivity index (χ3v) is 3.92. The van der Waals surface area contributed by atoms with Crippen LogP contribution in [-0.2, 0) is 11.2 Å². The molecule has 0 aliphatic carbocycles. The number of benzene rings is 1. The Hall–Kier alpha value is -1.88. The van der Waals surface area contributed by atoms with Crippen LogP contribution in [0.2, 0.25) is 0 Å². The molecule has 0 radical (unpaired) electrons. The normalized spacial score (nSPS) is 14.2. The standard InChI is InChI=1S/C13H13N3OS/c1-7-12(16-13(14)18-7)9-3-2-4-10-8(9)5-6-11(17)15-10/h2-4H,5-6H2,1H3,(H2,14,16)(H,15,17). The summed E-state index contributed by atoms with van der Waals surface area (Å²) in [4.78, 5) is 16.9. The van der Waals surface area contributed by atoms with Gasteiger partial charge >= 0.3 is 0 Å². The number of nitrogens with zero attached hydrogens (tertiary/aromatic N) is 1. The molecule has 1 aromatic carbocycles. The van der Waals surface area contributed by atoms with E-state index in [1.54, 1.807) is 0 Å².